The van der Waals surface area contributed by atoms with Gasteiger partial charge in [-0.3, -0.25) is 0 Å². The number of ether oxygens (including phenoxy) is 3. The molecule has 0 saturated carbocycles. The number of hydrogen-bond acceptors (Lipinski definition) is 4. The average molecular weight is 293 g/mol. The van der Waals surface area contributed by atoms with Gasteiger partial charge in [-0.05, 0) is 39.0 Å². The van der Waals surface area contributed by atoms with Crippen molar-refractivity contribution in [1.82, 2.24) is 5.32 Å². The van der Waals surface area contributed by atoms with Crippen molar-refractivity contribution in [3.63, 3.8) is 0 Å². The third-order valence-corrected chi connectivity index (χ3v) is 2.46. The second kappa shape index (κ2) is 9.69. The monoisotopic (exact) mass is 293 g/mol. The highest BCUT2D eigenvalue weighted by Crippen LogP contribution is 2.19. The molecule has 1 amide bonds. The number of allylic oxidation sites excluding steroid dienone is 1. The topological polar surface area (TPSA) is 56.8 Å². The Kier molecular flexibility index (Phi) is 7.79. The van der Waals surface area contributed by atoms with Gasteiger partial charge >= 0.3 is 6.09 Å². The molecule has 5 nitrogen and oxygen atoms in total. The molecule has 0 heterocycles. The van der Waals surface area contributed by atoms with Gasteiger partial charge in [0.1, 0.15) is 24.7 Å². The minimum Gasteiger partial charge on any atom is -0.492 e. The van der Waals surface area contributed by atoms with Crippen LogP contribution < -0.4 is 14.8 Å². The molecule has 1 rings (SSSR count). The molecule has 1 aromatic rings. The standard InChI is InChI=1S/C16H23NO4/c1-4-19-16(18)17-9-11-21-15-7-5-6-14(12-15)20-10-8-13(2)3/h5-8,12H,4,9-11H2,1-3H3,(H,17,18). The SMILES string of the molecule is CCOC(=O)NCCOc1cccc(OCC=C(C)C)c1. The second-order valence-electron chi connectivity index (χ2n) is 4.56. The Labute approximate surface area is 125 Å². The van der Waals surface area contributed by atoms with Crippen LogP contribution in [0.5, 0.6) is 11.5 Å². The van der Waals surface area contributed by atoms with Crippen LogP contribution in [0, 0.1) is 0 Å². The van der Waals surface area contributed by atoms with Crippen LogP contribution in [-0.4, -0.2) is 32.5 Å². The van der Waals surface area contributed by atoms with E-state index in [0.717, 1.165) is 5.75 Å². The molecule has 0 aromatic heterocycles. The molecule has 5 heteroatoms. The summed E-state index contributed by atoms with van der Waals surface area (Å²) in [5.74, 6) is 1.46. The van der Waals surface area contributed by atoms with Gasteiger partial charge in [0.2, 0.25) is 0 Å². The fourth-order valence-electron chi connectivity index (χ4n) is 1.46. The molecule has 0 aliphatic rings. The van der Waals surface area contributed by atoms with Crippen molar-refractivity contribution in [2.75, 3.05) is 26.4 Å². The summed E-state index contributed by atoms with van der Waals surface area (Å²) in [5, 5.41) is 2.59. The Balaban J connectivity index is 2.32. The predicted molar refractivity (Wildman–Crippen MR) is 81.9 cm³/mol. The van der Waals surface area contributed by atoms with Crippen molar-refractivity contribution in [2.45, 2.75) is 20.8 Å². The van der Waals surface area contributed by atoms with Crippen LogP contribution in [0.15, 0.2) is 35.9 Å². The van der Waals surface area contributed by atoms with E-state index in [2.05, 4.69) is 5.32 Å². The van der Waals surface area contributed by atoms with E-state index in [1.165, 1.54) is 5.57 Å². The van der Waals surface area contributed by atoms with Gasteiger partial charge in [-0.15, -0.1) is 0 Å². The lowest BCUT2D eigenvalue weighted by Gasteiger charge is -2.09. The molecule has 0 saturated heterocycles. The largest absolute Gasteiger partial charge is 0.492 e. The lowest BCUT2D eigenvalue weighted by Crippen LogP contribution is -2.28. The minimum absolute atomic E-state index is 0.359. The van der Waals surface area contributed by atoms with E-state index in [1.54, 1.807) is 6.92 Å². The second-order valence-corrected chi connectivity index (χ2v) is 4.56. The summed E-state index contributed by atoms with van der Waals surface area (Å²) in [6.07, 6.45) is 1.58. The highest BCUT2D eigenvalue weighted by molar-refractivity contribution is 5.66. The summed E-state index contributed by atoms with van der Waals surface area (Å²) in [6.45, 7) is 7.47. The van der Waals surface area contributed by atoms with Crippen LogP contribution in [-0.2, 0) is 4.74 Å². The van der Waals surface area contributed by atoms with Crippen molar-refractivity contribution >= 4 is 6.09 Å². The van der Waals surface area contributed by atoms with Crippen LogP contribution >= 0.6 is 0 Å². The van der Waals surface area contributed by atoms with Crippen molar-refractivity contribution in [3.05, 3.63) is 35.9 Å². The third-order valence-electron chi connectivity index (χ3n) is 2.46. The van der Waals surface area contributed by atoms with Crippen LogP contribution in [0.3, 0.4) is 0 Å². The molecule has 1 N–H and O–H groups in total. The highest BCUT2D eigenvalue weighted by atomic mass is 16.5. The van der Waals surface area contributed by atoms with Gasteiger partial charge in [0.05, 0.1) is 13.2 Å². The maximum Gasteiger partial charge on any atom is 0.407 e. The van der Waals surface area contributed by atoms with Gasteiger partial charge in [0, 0.05) is 6.07 Å². The molecule has 0 spiro atoms. The Hall–Kier alpha value is -2.17. The van der Waals surface area contributed by atoms with Crippen molar-refractivity contribution in [1.29, 1.82) is 0 Å². The van der Waals surface area contributed by atoms with E-state index in [-0.39, 0.29) is 0 Å². The number of alkyl carbamates (subject to hydrolysis) is 1. The number of rotatable bonds is 8. The van der Waals surface area contributed by atoms with Gasteiger partial charge < -0.3 is 19.5 Å². The fourth-order valence-corrected chi connectivity index (χ4v) is 1.46. The van der Waals surface area contributed by atoms with Crippen molar-refractivity contribution in [2.24, 2.45) is 0 Å². The van der Waals surface area contributed by atoms with Gasteiger partial charge in [-0.1, -0.05) is 11.6 Å². The van der Waals surface area contributed by atoms with E-state index in [9.17, 15) is 4.79 Å². The van der Waals surface area contributed by atoms with Crippen LogP contribution in [0.2, 0.25) is 0 Å². The maximum absolute atomic E-state index is 11.1. The molecule has 0 atom stereocenters. The summed E-state index contributed by atoms with van der Waals surface area (Å²) >= 11 is 0. The smallest absolute Gasteiger partial charge is 0.407 e. The summed E-state index contributed by atoms with van der Waals surface area (Å²) in [7, 11) is 0. The molecular formula is C16H23NO4. The quantitative estimate of drug-likeness (QED) is 0.591. The number of nitrogens with one attached hydrogen (secondary N) is 1. The summed E-state index contributed by atoms with van der Waals surface area (Å²) in [4.78, 5) is 11.1. The summed E-state index contributed by atoms with van der Waals surface area (Å²) in [6, 6.07) is 7.41. The fraction of sp³-hybridized carbons (Fsp3) is 0.438. The molecular weight excluding hydrogens is 270 g/mol. The Morgan fingerprint density at radius 3 is 2.62 bits per heavy atom. The van der Waals surface area contributed by atoms with Crippen LogP contribution in [0.4, 0.5) is 4.79 Å². The van der Waals surface area contributed by atoms with Gasteiger partial charge in [0.25, 0.3) is 0 Å². The Bertz CT molecular complexity index is 467. The first-order valence-corrected chi connectivity index (χ1v) is 7.01. The predicted octanol–water partition coefficient (Wildman–Crippen LogP) is 3.16. The van der Waals surface area contributed by atoms with Gasteiger partial charge in [0.15, 0.2) is 0 Å². The number of carbonyl (C=O) groups excluding carboxylic acids is 1. The molecule has 0 radical (unpaired) electrons. The van der Waals surface area contributed by atoms with Crippen LogP contribution in [0.25, 0.3) is 0 Å². The van der Waals surface area contributed by atoms with E-state index in [4.69, 9.17) is 14.2 Å². The number of hydrogen-bond donors (Lipinski definition) is 1. The molecule has 0 aliphatic carbocycles. The molecule has 21 heavy (non-hydrogen) atoms. The number of benzene rings is 1. The highest BCUT2D eigenvalue weighted by Gasteiger charge is 2.00. The minimum atomic E-state index is -0.431. The lowest BCUT2D eigenvalue weighted by molar-refractivity contribution is 0.150. The zero-order valence-electron chi connectivity index (χ0n) is 12.8. The molecule has 116 valence electrons. The normalized spacial score (nSPS) is 9.67. The van der Waals surface area contributed by atoms with E-state index in [1.807, 2.05) is 44.2 Å². The third kappa shape index (κ3) is 7.87. The first kappa shape index (κ1) is 16.9. The number of carbonyl (C=O) groups is 1. The van der Waals surface area contributed by atoms with Gasteiger partial charge in [-0.2, -0.15) is 0 Å². The zero-order valence-corrected chi connectivity index (χ0v) is 12.8. The van der Waals surface area contributed by atoms with Crippen molar-refractivity contribution in [3.8, 4) is 11.5 Å². The molecule has 1 aromatic carbocycles. The Morgan fingerprint density at radius 2 is 1.95 bits per heavy atom. The molecule has 0 fully saturated rings. The summed E-state index contributed by atoms with van der Waals surface area (Å²) in [5.41, 5.74) is 1.22. The van der Waals surface area contributed by atoms with E-state index < -0.39 is 6.09 Å². The molecule has 0 bridgehead atoms. The zero-order chi connectivity index (χ0) is 15.5. The first-order valence-electron chi connectivity index (χ1n) is 7.01. The summed E-state index contributed by atoms with van der Waals surface area (Å²) < 4.78 is 15.9. The van der Waals surface area contributed by atoms with E-state index >= 15 is 0 Å². The lowest BCUT2D eigenvalue weighted by atomic mass is 10.3. The van der Waals surface area contributed by atoms with E-state index in [0.29, 0.717) is 32.1 Å². The molecule has 0 aliphatic heterocycles. The number of amides is 1. The maximum atomic E-state index is 11.1. The molecule has 0 unspecified atom stereocenters. The van der Waals surface area contributed by atoms with Crippen molar-refractivity contribution < 1.29 is 19.0 Å². The average Bonchev–Trinajstić information content (AvgIpc) is 2.44. The van der Waals surface area contributed by atoms with Gasteiger partial charge in [-0.25, -0.2) is 4.79 Å². The first-order chi connectivity index (χ1) is 10.1. The van der Waals surface area contributed by atoms with Crippen LogP contribution in [0.1, 0.15) is 20.8 Å². The Morgan fingerprint density at radius 1 is 1.24 bits per heavy atom.